The number of nitrogens with one attached hydrogen (secondary N) is 1. The minimum absolute atomic E-state index is 0.0118. The minimum Gasteiger partial charge on any atom is -0.383 e. The molecule has 3 aliphatic heterocycles. The lowest BCUT2D eigenvalue weighted by atomic mass is 9.94. The highest BCUT2D eigenvalue weighted by Gasteiger charge is 2.40. The number of aromatic nitrogens is 4. The Kier molecular flexibility index (Phi) is 4.49. The maximum Gasteiger partial charge on any atom is 0.262 e. The molecule has 0 aliphatic carbocycles. The number of carbonyl (C=O) groups excluding carboxylic acids is 1. The van der Waals surface area contributed by atoms with Crippen molar-refractivity contribution in [1.29, 1.82) is 0 Å². The molecule has 9 heteroatoms. The van der Waals surface area contributed by atoms with E-state index >= 15 is 0 Å². The normalized spacial score (nSPS) is 23.8. The Balaban J connectivity index is 1.55. The summed E-state index contributed by atoms with van der Waals surface area (Å²) in [6, 6.07) is 0.198. The van der Waals surface area contributed by atoms with Crippen LogP contribution in [0.1, 0.15) is 18.7 Å². The first kappa shape index (κ1) is 17.2. The van der Waals surface area contributed by atoms with Gasteiger partial charge < -0.3 is 14.6 Å². The second kappa shape index (κ2) is 6.81. The van der Waals surface area contributed by atoms with Gasteiger partial charge in [-0.3, -0.25) is 19.2 Å². The average molecular weight is 360 g/mol. The van der Waals surface area contributed by atoms with Gasteiger partial charge in [0.2, 0.25) is 5.91 Å². The molecule has 2 aromatic heterocycles. The van der Waals surface area contributed by atoms with Crippen LogP contribution in [0.2, 0.25) is 0 Å². The SMILES string of the molecule is COCCN1C(=O)[C@H]2CC[C@@H]1CN(Cc1nc3c(cnn3C)c(=O)[nH]1)C2. The van der Waals surface area contributed by atoms with Crippen LogP contribution in [-0.4, -0.2) is 74.8 Å². The summed E-state index contributed by atoms with van der Waals surface area (Å²) in [4.78, 5) is 36.6. The zero-order chi connectivity index (χ0) is 18.3. The molecule has 5 heterocycles. The third kappa shape index (κ3) is 3.01. The topological polar surface area (TPSA) is 96.3 Å². The summed E-state index contributed by atoms with van der Waals surface area (Å²) in [5.74, 6) is 0.852. The number of piperidine rings is 1. The quantitative estimate of drug-likeness (QED) is 0.788. The number of carbonyl (C=O) groups is 1. The molecule has 0 unspecified atom stereocenters. The third-order valence-corrected chi connectivity index (χ3v) is 5.43. The molecule has 3 saturated heterocycles. The highest BCUT2D eigenvalue weighted by atomic mass is 16.5. The number of hydrogen-bond donors (Lipinski definition) is 1. The second-order valence-electron chi connectivity index (χ2n) is 7.16. The first-order valence-electron chi connectivity index (χ1n) is 8.99. The Morgan fingerprint density at radius 1 is 1.31 bits per heavy atom. The monoisotopic (exact) mass is 360 g/mol. The van der Waals surface area contributed by atoms with Gasteiger partial charge in [0.15, 0.2) is 5.65 Å². The van der Waals surface area contributed by atoms with Crippen molar-refractivity contribution >= 4 is 16.9 Å². The number of methoxy groups -OCH3 is 1. The Labute approximate surface area is 150 Å². The van der Waals surface area contributed by atoms with Crippen LogP contribution < -0.4 is 5.56 Å². The Bertz CT molecular complexity index is 875. The zero-order valence-corrected chi connectivity index (χ0v) is 15.1. The van der Waals surface area contributed by atoms with E-state index in [1.165, 1.54) is 6.20 Å². The number of ether oxygens (including phenoxy) is 1. The van der Waals surface area contributed by atoms with Gasteiger partial charge in [0.1, 0.15) is 11.2 Å². The Morgan fingerprint density at radius 2 is 2.15 bits per heavy atom. The van der Waals surface area contributed by atoms with E-state index in [0.29, 0.717) is 43.1 Å². The van der Waals surface area contributed by atoms with E-state index in [0.717, 1.165) is 19.4 Å². The van der Waals surface area contributed by atoms with Gasteiger partial charge in [-0.2, -0.15) is 5.10 Å². The molecule has 1 amide bonds. The maximum absolute atomic E-state index is 12.7. The first-order valence-corrected chi connectivity index (χ1v) is 8.99. The van der Waals surface area contributed by atoms with Crippen molar-refractivity contribution in [2.24, 2.45) is 13.0 Å². The van der Waals surface area contributed by atoms with Crippen molar-refractivity contribution in [2.75, 3.05) is 33.4 Å². The van der Waals surface area contributed by atoms with Crippen LogP contribution in [0.4, 0.5) is 0 Å². The molecule has 1 N–H and O–H groups in total. The van der Waals surface area contributed by atoms with Crippen LogP contribution in [0.15, 0.2) is 11.0 Å². The molecule has 0 radical (unpaired) electrons. The van der Waals surface area contributed by atoms with Gasteiger partial charge in [-0.25, -0.2) is 4.98 Å². The summed E-state index contributed by atoms with van der Waals surface area (Å²) >= 11 is 0. The lowest BCUT2D eigenvalue weighted by Crippen LogP contribution is -2.49. The molecule has 2 aromatic rings. The molecule has 0 aromatic carbocycles. The summed E-state index contributed by atoms with van der Waals surface area (Å²) in [6.07, 6.45) is 3.47. The van der Waals surface area contributed by atoms with Gasteiger partial charge in [-0.15, -0.1) is 0 Å². The smallest absolute Gasteiger partial charge is 0.262 e. The predicted octanol–water partition coefficient (Wildman–Crippen LogP) is -0.274. The van der Waals surface area contributed by atoms with Gasteiger partial charge >= 0.3 is 0 Å². The molecule has 3 fully saturated rings. The van der Waals surface area contributed by atoms with Crippen LogP contribution in [0, 0.1) is 5.92 Å². The third-order valence-electron chi connectivity index (χ3n) is 5.43. The summed E-state index contributed by atoms with van der Waals surface area (Å²) in [5, 5.41) is 4.59. The van der Waals surface area contributed by atoms with E-state index in [1.807, 2.05) is 4.90 Å². The van der Waals surface area contributed by atoms with Crippen molar-refractivity contribution in [2.45, 2.75) is 25.4 Å². The number of rotatable bonds is 5. The van der Waals surface area contributed by atoms with Gasteiger partial charge in [0.25, 0.3) is 5.56 Å². The van der Waals surface area contributed by atoms with Crippen molar-refractivity contribution in [3.8, 4) is 0 Å². The van der Waals surface area contributed by atoms with E-state index < -0.39 is 0 Å². The molecule has 0 spiro atoms. The highest BCUT2D eigenvalue weighted by molar-refractivity contribution is 5.80. The van der Waals surface area contributed by atoms with Gasteiger partial charge in [0, 0.05) is 39.8 Å². The first-order chi connectivity index (χ1) is 12.6. The summed E-state index contributed by atoms with van der Waals surface area (Å²) in [5.41, 5.74) is 0.410. The lowest BCUT2D eigenvalue weighted by molar-refractivity contribution is -0.140. The van der Waals surface area contributed by atoms with E-state index in [4.69, 9.17) is 4.74 Å². The molecule has 140 valence electrons. The fourth-order valence-electron chi connectivity index (χ4n) is 4.11. The van der Waals surface area contributed by atoms with Gasteiger partial charge in [-0.05, 0) is 12.8 Å². The zero-order valence-electron chi connectivity index (χ0n) is 15.1. The molecule has 9 nitrogen and oxygen atoms in total. The molecular formula is C17H24N6O3. The number of hydrogen-bond acceptors (Lipinski definition) is 6. The Morgan fingerprint density at radius 3 is 2.96 bits per heavy atom. The summed E-state index contributed by atoms with van der Waals surface area (Å²) in [7, 11) is 3.43. The van der Waals surface area contributed by atoms with Crippen LogP contribution in [0.3, 0.4) is 0 Å². The highest BCUT2D eigenvalue weighted by Crippen LogP contribution is 2.29. The van der Waals surface area contributed by atoms with E-state index in [2.05, 4.69) is 20.0 Å². The van der Waals surface area contributed by atoms with E-state index in [-0.39, 0.29) is 23.4 Å². The van der Waals surface area contributed by atoms with Crippen LogP contribution in [0.25, 0.3) is 11.0 Å². The fourth-order valence-corrected chi connectivity index (χ4v) is 4.11. The number of aromatic amines is 1. The van der Waals surface area contributed by atoms with E-state index in [1.54, 1.807) is 18.8 Å². The van der Waals surface area contributed by atoms with Crippen molar-refractivity contribution in [3.05, 3.63) is 22.4 Å². The van der Waals surface area contributed by atoms with E-state index in [9.17, 15) is 9.59 Å². The maximum atomic E-state index is 12.7. The number of H-pyrrole nitrogens is 1. The minimum atomic E-state index is -0.173. The van der Waals surface area contributed by atoms with Crippen LogP contribution in [-0.2, 0) is 23.1 Å². The summed E-state index contributed by atoms with van der Waals surface area (Å²) < 4.78 is 6.76. The fraction of sp³-hybridized carbons (Fsp3) is 0.647. The van der Waals surface area contributed by atoms with Crippen LogP contribution >= 0.6 is 0 Å². The molecule has 5 rings (SSSR count). The molecule has 26 heavy (non-hydrogen) atoms. The number of amides is 1. The molecule has 2 atom stereocenters. The largest absolute Gasteiger partial charge is 0.383 e. The number of aryl methyl sites for hydroxylation is 1. The molecule has 0 saturated carbocycles. The predicted molar refractivity (Wildman–Crippen MR) is 94.5 cm³/mol. The lowest BCUT2D eigenvalue weighted by Gasteiger charge is -2.35. The molecule has 3 aliphatic rings. The van der Waals surface area contributed by atoms with Crippen molar-refractivity contribution in [3.63, 3.8) is 0 Å². The van der Waals surface area contributed by atoms with Gasteiger partial charge in [0.05, 0.1) is 25.3 Å². The second-order valence-corrected chi connectivity index (χ2v) is 7.16. The number of fused-ring (bicyclic) bond motifs is 5. The van der Waals surface area contributed by atoms with Crippen LogP contribution in [0.5, 0.6) is 0 Å². The standard InChI is InChI=1S/C17H24N6O3/c1-21-15-13(7-18-21)16(24)20-14(19-15)10-22-8-11-3-4-12(9-22)23(17(11)25)5-6-26-2/h7,11-12H,3-6,8-10H2,1-2H3,(H,19,20,24)/t11-,12+/m0/s1. The number of nitrogens with zero attached hydrogens (tertiary/aromatic N) is 5. The summed E-state index contributed by atoms with van der Waals surface area (Å²) in [6.45, 7) is 3.21. The average Bonchev–Trinajstić information content (AvgIpc) is 2.80. The molecular weight excluding hydrogens is 336 g/mol. The Hall–Kier alpha value is -2.26. The molecule has 2 bridgehead atoms. The van der Waals surface area contributed by atoms with Gasteiger partial charge in [-0.1, -0.05) is 0 Å². The van der Waals surface area contributed by atoms with Crippen molar-refractivity contribution < 1.29 is 9.53 Å². The van der Waals surface area contributed by atoms with Crippen molar-refractivity contribution in [1.82, 2.24) is 29.5 Å².